The molecule has 0 saturated heterocycles. The van der Waals surface area contributed by atoms with Crippen LogP contribution >= 0.6 is 11.8 Å². The molecule has 19 heavy (non-hydrogen) atoms. The number of hydrogen-bond acceptors (Lipinski definition) is 2. The normalized spacial score (nSPS) is 23.6. The van der Waals surface area contributed by atoms with Gasteiger partial charge < -0.3 is 5.32 Å². The minimum absolute atomic E-state index is 0.616. The molecule has 1 fully saturated rings. The van der Waals surface area contributed by atoms with E-state index in [0.29, 0.717) is 22.6 Å². The summed E-state index contributed by atoms with van der Waals surface area (Å²) >= 11 is 0.616. The predicted octanol–water partition coefficient (Wildman–Crippen LogP) is 5.24. The summed E-state index contributed by atoms with van der Waals surface area (Å²) in [4.78, 5) is 0.640. The number of thioether (sulfide) groups is 1. The number of hydrogen-bond donors (Lipinski definition) is 1. The topological polar surface area (TPSA) is 12.0 Å². The summed E-state index contributed by atoms with van der Waals surface area (Å²) < 4.78 is 24.9. The van der Waals surface area contributed by atoms with Crippen LogP contribution in [0.1, 0.15) is 32.6 Å². The SMILES string of the molecule is CC1CCC(CNc2ccccc2SC(F)F)CC1. The van der Waals surface area contributed by atoms with Crippen LogP contribution in [0.4, 0.5) is 14.5 Å². The Hall–Kier alpha value is -0.770. The molecule has 0 aliphatic heterocycles. The maximum absolute atomic E-state index is 12.5. The molecule has 0 heterocycles. The van der Waals surface area contributed by atoms with E-state index in [2.05, 4.69) is 12.2 Å². The third-order valence-corrected chi connectivity index (χ3v) is 4.61. The van der Waals surface area contributed by atoms with Crippen LogP contribution in [-0.4, -0.2) is 12.3 Å². The smallest absolute Gasteiger partial charge is 0.288 e. The number of para-hydroxylation sites is 1. The first-order valence-corrected chi connectivity index (χ1v) is 7.81. The summed E-state index contributed by atoms with van der Waals surface area (Å²) in [6.07, 6.45) is 5.08. The highest BCUT2D eigenvalue weighted by atomic mass is 32.2. The van der Waals surface area contributed by atoms with Gasteiger partial charge in [0.15, 0.2) is 0 Å². The van der Waals surface area contributed by atoms with Crippen molar-refractivity contribution < 1.29 is 8.78 Å². The number of rotatable bonds is 5. The molecule has 0 unspecified atom stereocenters. The number of halogens is 2. The van der Waals surface area contributed by atoms with Crippen molar-refractivity contribution in [3.8, 4) is 0 Å². The molecule has 0 atom stereocenters. The number of benzene rings is 1. The third-order valence-electron chi connectivity index (χ3n) is 3.82. The second-order valence-corrected chi connectivity index (χ2v) is 6.41. The molecule has 0 radical (unpaired) electrons. The van der Waals surface area contributed by atoms with Crippen molar-refractivity contribution in [3.05, 3.63) is 24.3 Å². The van der Waals surface area contributed by atoms with E-state index >= 15 is 0 Å². The minimum Gasteiger partial charge on any atom is -0.384 e. The summed E-state index contributed by atoms with van der Waals surface area (Å²) in [6.45, 7) is 3.20. The van der Waals surface area contributed by atoms with E-state index in [1.807, 2.05) is 12.1 Å². The van der Waals surface area contributed by atoms with E-state index in [9.17, 15) is 8.78 Å². The minimum atomic E-state index is -2.36. The molecule has 0 spiro atoms. The van der Waals surface area contributed by atoms with Crippen molar-refractivity contribution in [2.75, 3.05) is 11.9 Å². The highest BCUT2D eigenvalue weighted by Gasteiger charge is 2.18. The van der Waals surface area contributed by atoms with Gasteiger partial charge in [0.05, 0.1) is 0 Å². The molecule has 4 heteroatoms. The van der Waals surface area contributed by atoms with Gasteiger partial charge in [0.25, 0.3) is 5.76 Å². The molecule has 1 aliphatic carbocycles. The fourth-order valence-corrected chi connectivity index (χ4v) is 3.22. The summed E-state index contributed by atoms with van der Waals surface area (Å²) in [5.74, 6) is -0.836. The molecule has 0 amide bonds. The molecule has 0 aromatic heterocycles. The zero-order chi connectivity index (χ0) is 13.7. The highest BCUT2D eigenvalue weighted by Crippen LogP contribution is 2.33. The fraction of sp³-hybridized carbons (Fsp3) is 0.600. The molecule has 1 aliphatic rings. The molecule has 1 aromatic rings. The number of alkyl halides is 2. The van der Waals surface area contributed by atoms with Crippen molar-refractivity contribution in [1.29, 1.82) is 0 Å². The van der Waals surface area contributed by atoms with Gasteiger partial charge in [0, 0.05) is 17.1 Å². The lowest BCUT2D eigenvalue weighted by atomic mass is 9.83. The summed E-state index contributed by atoms with van der Waals surface area (Å²) in [5, 5.41) is 3.35. The lowest BCUT2D eigenvalue weighted by Crippen LogP contribution is -2.20. The van der Waals surface area contributed by atoms with Crippen molar-refractivity contribution in [1.82, 2.24) is 0 Å². The van der Waals surface area contributed by atoms with Crippen LogP contribution < -0.4 is 5.32 Å². The van der Waals surface area contributed by atoms with Gasteiger partial charge in [-0.1, -0.05) is 43.7 Å². The van der Waals surface area contributed by atoms with E-state index < -0.39 is 5.76 Å². The second kappa shape index (κ2) is 7.13. The predicted molar refractivity (Wildman–Crippen MR) is 77.9 cm³/mol. The Balaban J connectivity index is 1.88. The first-order chi connectivity index (χ1) is 9.15. The highest BCUT2D eigenvalue weighted by molar-refractivity contribution is 7.99. The lowest BCUT2D eigenvalue weighted by Gasteiger charge is -2.26. The Morgan fingerprint density at radius 3 is 2.58 bits per heavy atom. The lowest BCUT2D eigenvalue weighted by molar-refractivity contribution is 0.252. The molecule has 106 valence electrons. The third kappa shape index (κ3) is 4.68. The van der Waals surface area contributed by atoms with Gasteiger partial charge in [-0.05, 0) is 36.8 Å². The Labute approximate surface area is 118 Å². The average molecular weight is 285 g/mol. The largest absolute Gasteiger partial charge is 0.384 e. The summed E-state index contributed by atoms with van der Waals surface area (Å²) in [5.41, 5.74) is 0.839. The maximum atomic E-state index is 12.5. The van der Waals surface area contributed by atoms with Crippen LogP contribution in [0.3, 0.4) is 0 Å². The summed E-state index contributed by atoms with van der Waals surface area (Å²) in [6, 6.07) is 7.33. The standard InChI is InChI=1S/C15H21F2NS/c1-11-6-8-12(9-7-11)10-18-13-4-2-3-5-14(13)19-15(16)17/h2-5,11-12,15,18H,6-10H2,1H3. The molecule has 1 aromatic carbocycles. The van der Waals surface area contributed by atoms with E-state index in [0.717, 1.165) is 18.2 Å². The van der Waals surface area contributed by atoms with Crippen LogP contribution in [0.25, 0.3) is 0 Å². The Bertz CT molecular complexity index is 389. The Morgan fingerprint density at radius 1 is 1.21 bits per heavy atom. The zero-order valence-corrected chi connectivity index (χ0v) is 12.1. The molecular weight excluding hydrogens is 264 g/mol. The van der Waals surface area contributed by atoms with E-state index in [4.69, 9.17) is 0 Å². The van der Waals surface area contributed by atoms with Gasteiger partial charge in [-0.15, -0.1) is 0 Å². The van der Waals surface area contributed by atoms with Gasteiger partial charge in [-0.3, -0.25) is 0 Å². The zero-order valence-electron chi connectivity index (χ0n) is 11.2. The monoisotopic (exact) mass is 285 g/mol. The second-order valence-electron chi connectivity index (χ2n) is 5.38. The van der Waals surface area contributed by atoms with Crippen LogP contribution in [0, 0.1) is 11.8 Å². The van der Waals surface area contributed by atoms with E-state index in [1.54, 1.807) is 12.1 Å². The van der Waals surface area contributed by atoms with Crippen molar-refractivity contribution in [2.45, 2.75) is 43.3 Å². The van der Waals surface area contributed by atoms with E-state index in [1.165, 1.54) is 25.7 Å². The van der Waals surface area contributed by atoms with Gasteiger partial charge in [-0.2, -0.15) is 8.78 Å². The van der Waals surface area contributed by atoms with Crippen molar-refractivity contribution in [2.24, 2.45) is 11.8 Å². The van der Waals surface area contributed by atoms with Gasteiger partial charge in [-0.25, -0.2) is 0 Å². The number of anilines is 1. The first kappa shape index (κ1) is 14.6. The Morgan fingerprint density at radius 2 is 1.89 bits per heavy atom. The van der Waals surface area contributed by atoms with Crippen LogP contribution in [-0.2, 0) is 0 Å². The quantitative estimate of drug-likeness (QED) is 0.742. The molecule has 1 N–H and O–H groups in total. The van der Waals surface area contributed by atoms with Crippen molar-refractivity contribution >= 4 is 17.4 Å². The van der Waals surface area contributed by atoms with Gasteiger partial charge in [0.1, 0.15) is 0 Å². The molecular formula is C15H21F2NS. The van der Waals surface area contributed by atoms with Gasteiger partial charge in [0.2, 0.25) is 0 Å². The first-order valence-electron chi connectivity index (χ1n) is 6.93. The number of nitrogens with one attached hydrogen (secondary N) is 1. The molecule has 0 bridgehead atoms. The maximum Gasteiger partial charge on any atom is 0.288 e. The fourth-order valence-electron chi connectivity index (χ4n) is 2.60. The molecule has 1 saturated carbocycles. The summed E-state index contributed by atoms with van der Waals surface area (Å²) in [7, 11) is 0. The molecule has 1 nitrogen and oxygen atoms in total. The van der Waals surface area contributed by atoms with Crippen LogP contribution in [0.15, 0.2) is 29.2 Å². The van der Waals surface area contributed by atoms with Gasteiger partial charge >= 0.3 is 0 Å². The Kier molecular flexibility index (Phi) is 5.49. The van der Waals surface area contributed by atoms with Crippen LogP contribution in [0.2, 0.25) is 0 Å². The van der Waals surface area contributed by atoms with Crippen LogP contribution in [0.5, 0.6) is 0 Å². The average Bonchev–Trinajstić information content (AvgIpc) is 2.39. The molecule has 2 rings (SSSR count). The van der Waals surface area contributed by atoms with Crippen molar-refractivity contribution in [3.63, 3.8) is 0 Å². The van der Waals surface area contributed by atoms with E-state index in [-0.39, 0.29) is 0 Å².